The summed E-state index contributed by atoms with van der Waals surface area (Å²) in [5, 5.41) is 3.44. The minimum Gasteiger partial charge on any atom is -0.385 e. The van der Waals surface area contributed by atoms with Crippen LogP contribution in [0.25, 0.3) is 22.5 Å². The van der Waals surface area contributed by atoms with E-state index >= 15 is 0 Å². The monoisotopic (exact) mass is 429 g/mol. The molecule has 1 heterocycles. The minimum absolute atomic E-state index is 0.224. The van der Waals surface area contributed by atoms with Crippen molar-refractivity contribution in [2.75, 3.05) is 11.9 Å². The highest BCUT2D eigenvalue weighted by atomic mass is 19.1. The second-order valence-corrected chi connectivity index (χ2v) is 7.70. The van der Waals surface area contributed by atoms with Gasteiger partial charge in [0.25, 0.3) is 0 Å². The van der Waals surface area contributed by atoms with Crippen LogP contribution in [0, 0.1) is 11.6 Å². The molecule has 1 aromatic heterocycles. The zero-order valence-corrected chi connectivity index (χ0v) is 18.0. The highest BCUT2D eigenvalue weighted by Crippen LogP contribution is 2.30. The molecule has 0 saturated carbocycles. The van der Waals surface area contributed by atoms with Gasteiger partial charge >= 0.3 is 0 Å². The number of nitrogens with one attached hydrogen (secondary N) is 1. The van der Waals surface area contributed by atoms with Gasteiger partial charge in [0.1, 0.15) is 11.6 Å². The summed E-state index contributed by atoms with van der Waals surface area (Å²) in [7, 11) is 0. The van der Waals surface area contributed by atoms with Crippen LogP contribution < -0.4 is 5.32 Å². The second kappa shape index (κ2) is 10.1. The highest BCUT2D eigenvalue weighted by molar-refractivity contribution is 5.78. The molecule has 3 aromatic carbocycles. The Labute approximate surface area is 187 Å². The molecule has 0 saturated heterocycles. The number of hydrogen-bond donors (Lipinski definition) is 1. The summed E-state index contributed by atoms with van der Waals surface area (Å²) in [5.74, 6) is -1.28. The Balaban J connectivity index is 1.44. The lowest BCUT2D eigenvalue weighted by atomic mass is 10.0. The van der Waals surface area contributed by atoms with Gasteiger partial charge in [-0.3, -0.25) is 9.97 Å². The van der Waals surface area contributed by atoms with Crippen molar-refractivity contribution in [3.8, 4) is 22.5 Å². The van der Waals surface area contributed by atoms with Gasteiger partial charge < -0.3 is 5.32 Å². The topological polar surface area (TPSA) is 37.8 Å². The van der Waals surface area contributed by atoms with Gasteiger partial charge in [-0.05, 0) is 48.2 Å². The zero-order valence-electron chi connectivity index (χ0n) is 18.0. The van der Waals surface area contributed by atoms with Crippen molar-refractivity contribution >= 4 is 5.69 Å². The Morgan fingerprint density at radius 1 is 0.750 bits per heavy atom. The maximum Gasteiger partial charge on any atom is 0.135 e. The smallest absolute Gasteiger partial charge is 0.135 e. The van der Waals surface area contributed by atoms with Gasteiger partial charge in [0.15, 0.2) is 0 Å². The van der Waals surface area contributed by atoms with E-state index in [0.29, 0.717) is 11.4 Å². The zero-order chi connectivity index (χ0) is 22.3. The first kappa shape index (κ1) is 21.6. The van der Waals surface area contributed by atoms with Gasteiger partial charge in [0.05, 0.1) is 11.4 Å². The molecule has 0 aliphatic rings. The fourth-order valence-electron chi connectivity index (χ4n) is 3.69. The van der Waals surface area contributed by atoms with Crippen LogP contribution in [0.1, 0.15) is 24.5 Å². The van der Waals surface area contributed by atoms with E-state index in [9.17, 15) is 8.78 Å². The van der Waals surface area contributed by atoms with E-state index in [-0.39, 0.29) is 5.56 Å². The van der Waals surface area contributed by atoms with Crippen LogP contribution in [-0.2, 0) is 12.8 Å². The molecule has 32 heavy (non-hydrogen) atoms. The number of halogens is 2. The Morgan fingerprint density at radius 2 is 1.41 bits per heavy atom. The molecular formula is C27H25F2N3. The first-order valence-corrected chi connectivity index (χ1v) is 10.8. The van der Waals surface area contributed by atoms with E-state index in [4.69, 9.17) is 0 Å². The van der Waals surface area contributed by atoms with Crippen LogP contribution in [0.5, 0.6) is 0 Å². The maximum absolute atomic E-state index is 14.3. The third-order valence-corrected chi connectivity index (χ3v) is 5.35. The van der Waals surface area contributed by atoms with Gasteiger partial charge in [-0.15, -0.1) is 0 Å². The number of aryl methyl sites for hydroxylation is 1. The van der Waals surface area contributed by atoms with Gasteiger partial charge in [-0.25, -0.2) is 8.78 Å². The lowest BCUT2D eigenvalue weighted by Crippen LogP contribution is -2.04. The number of aromatic nitrogens is 2. The Hall–Kier alpha value is -3.60. The van der Waals surface area contributed by atoms with Crippen molar-refractivity contribution in [1.82, 2.24) is 9.97 Å². The van der Waals surface area contributed by atoms with Crippen LogP contribution in [-0.4, -0.2) is 16.5 Å². The molecule has 0 spiro atoms. The molecule has 0 amide bonds. The molecule has 4 aromatic rings. The van der Waals surface area contributed by atoms with Gasteiger partial charge in [0.2, 0.25) is 0 Å². The molecule has 5 heteroatoms. The van der Waals surface area contributed by atoms with Crippen molar-refractivity contribution < 1.29 is 8.78 Å². The standard InChI is InChI=1S/C27H25F2N3/c1-2-3-19-4-6-20(7-5-19)14-15-30-23-11-8-21(9-12-23)26-27(32-17-16-31-26)24-13-10-22(28)18-25(24)29/h4-13,16-18,30H,2-3,14-15H2,1H3. The lowest BCUT2D eigenvalue weighted by Gasteiger charge is -2.11. The molecule has 0 atom stereocenters. The Morgan fingerprint density at radius 3 is 2.06 bits per heavy atom. The van der Waals surface area contributed by atoms with Crippen LogP contribution in [0.15, 0.2) is 79.1 Å². The van der Waals surface area contributed by atoms with Gasteiger partial charge in [-0.2, -0.15) is 0 Å². The summed E-state index contributed by atoms with van der Waals surface area (Å²) in [6.45, 7) is 3.01. The molecule has 1 N–H and O–H groups in total. The van der Waals surface area contributed by atoms with E-state index in [1.54, 1.807) is 6.20 Å². The molecule has 0 aliphatic carbocycles. The Kier molecular flexibility index (Phi) is 6.85. The molecule has 0 bridgehead atoms. The minimum atomic E-state index is -0.659. The summed E-state index contributed by atoms with van der Waals surface area (Å²) in [4.78, 5) is 8.70. The van der Waals surface area contributed by atoms with Crippen molar-refractivity contribution in [3.05, 3.63) is 102 Å². The van der Waals surface area contributed by atoms with E-state index < -0.39 is 11.6 Å². The lowest BCUT2D eigenvalue weighted by molar-refractivity contribution is 0.585. The molecule has 162 valence electrons. The number of nitrogens with zero attached hydrogens (tertiary/aromatic N) is 2. The third kappa shape index (κ3) is 5.17. The largest absolute Gasteiger partial charge is 0.385 e. The van der Waals surface area contributed by atoms with Crippen LogP contribution in [0.3, 0.4) is 0 Å². The normalized spacial score (nSPS) is 10.8. The van der Waals surface area contributed by atoms with Crippen LogP contribution in [0.2, 0.25) is 0 Å². The fraction of sp³-hybridized carbons (Fsp3) is 0.185. The first-order valence-electron chi connectivity index (χ1n) is 10.8. The summed E-state index contributed by atoms with van der Waals surface area (Å²) in [6.07, 6.45) is 6.29. The predicted molar refractivity (Wildman–Crippen MR) is 125 cm³/mol. The molecule has 3 nitrogen and oxygen atoms in total. The quantitative estimate of drug-likeness (QED) is 0.339. The Bertz CT molecular complexity index is 1170. The number of rotatable bonds is 8. The summed E-state index contributed by atoms with van der Waals surface area (Å²) < 4.78 is 27.6. The van der Waals surface area contributed by atoms with E-state index in [1.165, 1.54) is 29.5 Å². The van der Waals surface area contributed by atoms with Crippen molar-refractivity contribution in [2.24, 2.45) is 0 Å². The molecule has 0 fully saturated rings. The summed E-state index contributed by atoms with van der Waals surface area (Å²) >= 11 is 0. The van der Waals surface area contributed by atoms with Crippen molar-refractivity contribution in [3.63, 3.8) is 0 Å². The maximum atomic E-state index is 14.3. The van der Waals surface area contributed by atoms with Crippen molar-refractivity contribution in [1.29, 1.82) is 0 Å². The SMILES string of the molecule is CCCc1ccc(CCNc2ccc(-c3nccnc3-c3ccc(F)cc3F)cc2)cc1. The average molecular weight is 430 g/mol. The second-order valence-electron chi connectivity index (χ2n) is 7.70. The summed E-state index contributed by atoms with van der Waals surface area (Å²) in [6, 6.07) is 20.1. The van der Waals surface area contributed by atoms with Crippen molar-refractivity contribution in [2.45, 2.75) is 26.2 Å². The predicted octanol–water partition coefficient (Wildman–Crippen LogP) is 6.70. The van der Waals surface area contributed by atoms with Crippen LogP contribution >= 0.6 is 0 Å². The number of anilines is 1. The van der Waals surface area contributed by atoms with E-state index in [0.717, 1.165) is 43.1 Å². The third-order valence-electron chi connectivity index (χ3n) is 5.35. The fourth-order valence-corrected chi connectivity index (χ4v) is 3.69. The summed E-state index contributed by atoms with van der Waals surface area (Å²) in [5.41, 5.74) is 5.66. The molecule has 0 aliphatic heterocycles. The highest BCUT2D eigenvalue weighted by Gasteiger charge is 2.14. The number of benzene rings is 3. The molecule has 0 unspecified atom stereocenters. The molecule has 0 radical (unpaired) electrons. The van der Waals surface area contributed by atoms with E-state index in [2.05, 4.69) is 46.5 Å². The molecule has 4 rings (SSSR count). The number of hydrogen-bond acceptors (Lipinski definition) is 3. The molecular weight excluding hydrogens is 404 g/mol. The first-order chi connectivity index (χ1) is 15.6. The van der Waals surface area contributed by atoms with E-state index in [1.807, 2.05) is 24.3 Å². The van der Waals surface area contributed by atoms with Gasteiger partial charge in [0, 0.05) is 41.8 Å². The van der Waals surface area contributed by atoms with Gasteiger partial charge in [-0.1, -0.05) is 49.7 Å². The van der Waals surface area contributed by atoms with Crippen LogP contribution in [0.4, 0.5) is 14.5 Å². The average Bonchev–Trinajstić information content (AvgIpc) is 2.81.